The third-order valence-corrected chi connectivity index (χ3v) is 4.27. The second-order valence-corrected chi connectivity index (χ2v) is 5.78. The van der Waals surface area contributed by atoms with Crippen LogP contribution in [-0.2, 0) is 4.79 Å². The number of hydrogen-bond acceptors (Lipinski definition) is 3. The smallest absolute Gasteiger partial charge is 0.223 e. The zero-order valence-electron chi connectivity index (χ0n) is 13.0. The maximum Gasteiger partial charge on any atom is 0.223 e. The summed E-state index contributed by atoms with van der Waals surface area (Å²) in [6, 6.07) is 8.16. The third-order valence-electron chi connectivity index (χ3n) is 4.27. The van der Waals surface area contributed by atoms with Crippen molar-refractivity contribution in [3.05, 3.63) is 29.8 Å². The molecule has 1 atom stereocenters. The molecule has 0 aromatic heterocycles. The molecule has 0 radical (unpaired) electrons. The van der Waals surface area contributed by atoms with Crippen LogP contribution < -0.4 is 15.4 Å². The molecule has 1 heterocycles. The number of carbonyl (C=O) groups is 1. The topological polar surface area (TPSA) is 50.4 Å². The van der Waals surface area contributed by atoms with Crippen LogP contribution in [0.5, 0.6) is 5.75 Å². The van der Waals surface area contributed by atoms with Gasteiger partial charge in [-0.2, -0.15) is 0 Å². The summed E-state index contributed by atoms with van der Waals surface area (Å²) in [6.45, 7) is 4.86. The van der Waals surface area contributed by atoms with Crippen LogP contribution in [0.15, 0.2) is 24.3 Å². The monoisotopic (exact) mass is 290 g/mol. The molecule has 116 valence electrons. The Bertz CT molecular complexity index is 439. The van der Waals surface area contributed by atoms with Gasteiger partial charge < -0.3 is 15.4 Å². The molecule has 1 amide bonds. The van der Waals surface area contributed by atoms with E-state index in [4.69, 9.17) is 4.74 Å². The lowest BCUT2D eigenvalue weighted by Crippen LogP contribution is -2.38. The molecule has 1 aliphatic heterocycles. The predicted octanol–water partition coefficient (Wildman–Crippen LogP) is 2.30. The number of rotatable bonds is 6. The van der Waals surface area contributed by atoms with Gasteiger partial charge in [-0.05, 0) is 56.0 Å². The van der Waals surface area contributed by atoms with E-state index in [1.165, 1.54) is 5.56 Å². The molecular weight excluding hydrogens is 264 g/mol. The number of ether oxygens (including phenoxy) is 1. The highest BCUT2D eigenvalue weighted by atomic mass is 16.5. The molecule has 1 saturated heterocycles. The molecule has 1 fully saturated rings. The van der Waals surface area contributed by atoms with Crippen molar-refractivity contribution in [1.82, 2.24) is 10.6 Å². The van der Waals surface area contributed by atoms with Gasteiger partial charge >= 0.3 is 0 Å². The molecule has 21 heavy (non-hydrogen) atoms. The second-order valence-electron chi connectivity index (χ2n) is 5.78. The van der Waals surface area contributed by atoms with E-state index in [0.717, 1.165) is 44.6 Å². The lowest BCUT2D eigenvalue weighted by atomic mass is 9.96. The number of hydrogen-bond donors (Lipinski definition) is 2. The van der Waals surface area contributed by atoms with Crippen molar-refractivity contribution >= 4 is 5.91 Å². The maximum atomic E-state index is 12.0. The van der Waals surface area contributed by atoms with Gasteiger partial charge in [0.1, 0.15) is 5.75 Å². The van der Waals surface area contributed by atoms with Crippen molar-refractivity contribution in [2.24, 2.45) is 5.92 Å². The van der Waals surface area contributed by atoms with E-state index in [2.05, 4.69) is 29.7 Å². The Morgan fingerprint density at radius 2 is 2.00 bits per heavy atom. The normalized spacial score (nSPS) is 17.2. The quantitative estimate of drug-likeness (QED) is 0.845. The number of piperidine rings is 1. The van der Waals surface area contributed by atoms with E-state index >= 15 is 0 Å². The lowest BCUT2D eigenvalue weighted by Gasteiger charge is -2.22. The van der Waals surface area contributed by atoms with Crippen molar-refractivity contribution in [2.75, 3.05) is 26.7 Å². The highest BCUT2D eigenvalue weighted by molar-refractivity contribution is 5.78. The Morgan fingerprint density at radius 3 is 2.62 bits per heavy atom. The number of carbonyl (C=O) groups excluding carboxylic acids is 1. The molecule has 1 aromatic rings. The minimum atomic E-state index is 0.197. The van der Waals surface area contributed by atoms with Crippen molar-refractivity contribution in [3.63, 3.8) is 0 Å². The van der Waals surface area contributed by atoms with Crippen molar-refractivity contribution < 1.29 is 9.53 Å². The number of nitrogens with one attached hydrogen (secondary N) is 2. The van der Waals surface area contributed by atoms with Crippen LogP contribution in [-0.4, -0.2) is 32.7 Å². The van der Waals surface area contributed by atoms with Gasteiger partial charge in [0.15, 0.2) is 0 Å². The van der Waals surface area contributed by atoms with Crippen LogP contribution >= 0.6 is 0 Å². The zero-order chi connectivity index (χ0) is 15.1. The molecule has 0 spiro atoms. The van der Waals surface area contributed by atoms with Crippen LogP contribution in [0.1, 0.15) is 37.7 Å². The predicted molar refractivity (Wildman–Crippen MR) is 84.6 cm³/mol. The zero-order valence-corrected chi connectivity index (χ0v) is 13.0. The molecule has 1 unspecified atom stereocenters. The largest absolute Gasteiger partial charge is 0.497 e. The maximum absolute atomic E-state index is 12.0. The molecule has 1 aromatic carbocycles. The molecule has 4 heteroatoms. The van der Waals surface area contributed by atoms with Crippen molar-refractivity contribution in [1.29, 1.82) is 0 Å². The molecule has 4 nitrogen and oxygen atoms in total. The lowest BCUT2D eigenvalue weighted by molar-refractivity contribution is -0.125. The SMILES string of the molecule is COc1ccc(C(C)CCNC(=O)C2CCNCC2)cc1. The molecule has 2 rings (SSSR count). The first-order valence-corrected chi connectivity index (χ1v) is 7.83. The first-order valence-electron chi connectivity index (χ1n) is 7.83. The standard InChI is InChI=1S/C17H26N2O2/c1-13(14-3-5-16(21-2)6-4-14)7-12-19-17(20)15-8-10-18-11-9-15/h3-6,13,15,18H,7-12H2,1-2H3,(H,19,20). The van der Waals surface area contributed by atoms with Crippen LogP contribution in [0.25, 0.3) is 0 Å². The summed E-state index contributed by atoms with van der Waals surface area (Å²) in [5.41, 5.74) is 1.28. The first kappa shape index (κ1) is 15.8. The van der Waals surface area contributed by atoms with E-state index < -0.39 is 0 Å². The molecular formula is C17H26N2O2. The highest BCUT2D eigenvalue weighted by Crippen LogP contribution is 2.21. The molecule has 1 aliphatic rings. The minimum absolute atomic E-state index is 0.197. The van der Waals surface area contributed by atoms with Gasteiger partial charge in [0.05, 0.1) is 7.11 Å². The molecule has 0 bridgehead atoms. The minimum Gasteiger partial charge on any atom is -0.497 e. The van der Waals surface area contributed by atoms with E-state index in [9.17, 15) is 4.79 Å². The summed E-state index contributed by atoms with van der Waals surface area (Å²) in [7, 11) is 1.68. The summed E-state index contributed by atoms with van der Waals surface area (Å²) >= 11 is 0. The average molecular weight is 290 g/mol. The second kappa shape index (κ2) is 8.03. The van der Waals surface area contributed by atoms with E-state index in [1.807, 2.05) is 12.1 Å². The molecule has 0 saturated carbocycles. The van der Waals surface area contributed by atoms with Gasteiger partial charge in [0.25, 0.3) is 0 Å². The fraction of sp³-hybridized carbons (Fsp3) is 0.588. The number of methoxy groups -OCH3 is 1. The Kier molecular flexibility index (Phi) is 6.05. The van der Waals surface area contributed by atoms with E-state index in [-0.39, 0.29) is 11.8 Å². The average Bonchev–Trinajstić information content (AvgIpc) is 2.55. The summed E-state index contributed by atoms with van der Waals surface area (Å²) in [4.78, 5) is 12.0. The Balaban J connectivity index is 1.72. The summed E-state index contributed by atoms with van der Waals surface area (Å²) in [5, 5.41) is 6.37. The van der Waals surface area contributed by atoms with Gasteiger partial charge in [0.2, 0.25) is 5.91 Å². The third kappa shape index (κ3) is 4.74. The van der Waals surface area contributed by atoms with Crippen molar-refractivity contribution in [2.45, 2.75) is 32.1 Å². The van der Waals surface area contributed by atoms with Crippen LogP contribution in [0.2, 0.25) is 0 Å². The highest BCUT2D eigenvalue weighted by Gasteiger charge is 2.20. The Hall–Kier alpha value is -1.55. The number of amides is 1. The van der Waals surface area contributed by atoms with Gasteiger partial charge in [0, 0.05) is 12.5 Å². The van der Waals surface area contributed by atoms with Gasteiger partial charge in [-0.15, -0.1) is 0 Å². The van der Waals surface area contributed by atoms with Crippen LogP contribution in [0.4, 0.5) is 0 Å². The summed E-state index contributed by atoms with van der Waals surface area (Å²) in [5.74, 6) is 1.73. The summed E-state index contributed by atoms with van der Waals surface area (Å²) in [6.07, 6.45) is 2.88. The van der Waals surface area contributed by atoms with Gasteiger partial charge in [-0.25, -0.2) is 0 Å². The first-order chi connectivity index (χ1) is 10.2. The van der Waals surface area contributed by atoms with E-state index in [0.29, 0.717) is 5.92 Å². The summed E-state index contributed by atoms with van der Waals surface area (Å²) < 4.78 is 5.17. The Labute approximate surface area is 127 Å². The molecule has 2 N–H and O–H groups in total. The molecule has 0 aliphatic carbocycles. The van der Waals surface area contributed by atoms with Gasteiger partial charge in [-0.1, -0.05) is 19.1 Å². The van der Waals surface area contributed by atoms with Gasteiger partial charge in [-0.3, -0.25) is 4.79 Å². The van der Waals surface area contributed by atoms with E-state index in [1.54, 1.807) is 7.11 Å². The Morgan fingerprint density at radius 1 is 1.33 bits per heavy atom. The van der Waals surface area contributed by atoms with Crippen LogP contribution in [0.3, 0.4) is 0 Å². The van der Waals surface area contributed by atoms with Crippen molar-refractivity contribution in [3.8, 4) is 5.75 Å². The number of benzene rings is 1. The fourth-order valence-corrected chi connectivity index (χ4v) is 2.74. The fourth-order valence-electron chi connectivity index (χ4n) is 2.74. The van der Waals surface area contributed by atoms with Crippen LogP contribution in [0, 0.1) is 5.92 Å².